The van der Waals surface area contributed by atoms with Crippen LogP contribution in [-0.4, -0.2) is 58.3 Å². The van der Waals surface area contributed by atoms with E-state index in [1.54, 1.807) is 11.8 Å². The molecule has 1 rings (SSSR count). The van der Waals surface area contributed by atoms with Crippen molar-refractivity contribution in [1.82, 2.24) is 19.9 Å². The molecule has 0 bridgehead atoms. The first-order valence-corrected chi connectivity index (χ1v) is 8.52. The first kappa shape index (κ1) is 17.5. The number of halogens is 1. The summed E-state index contributed by atoms with van der Waals surface area (Å²) in [6.07, 6.45) is 0. The maximum absolute atomic E-state index is 5.99. The van der Waals surface area contributed by atoms with E-state index in [4.69, 9.17) is 11.6 Å². The molecule has 0 fully saturated rings. The van der Waals surface area contributed by atoms with Gasteiger partial charge in [0.25, 0.3) is 0 Å². The zero-order chi connectivity index (χ0) is 15.0. The van der Waals surface area contributed by atoms with Crippen LogP contribution < -0.4 is 4.90 Å². The largest absolute Gasteiger partial charge is 0.341 e. The monoisotopic (exact) mass is 317 g/mol. The van der Waals surface area contributed by atoms with E-state index < -0.39 is 0 Å². The molecule has 1 aromatic rings. The molecule has 114 valence electrons. The summed E-state index contributed by atoms with van der Waals surface area (Å²) in [7, 11) is 0. The summed E-state index contributed by atoms with van der Waals surface area (Å²) in [5, 5.41) is 0.978. The molecule has 0 aliphatic rings. The smallest absolute Gasteiger partial charge is 0.230 e. The summed E-state index contributed by atoms with van der Waals surface area (Å²) in [6, 6.07) is 0. The highest BCUT2D eigenvalue weighted by molar-refractivity contribution is 7.99. The van der Waals surface area contributed by atoms with Crippen LogP contribution in [0, 0.1) is 0 Å². The van der Waals surface area contributed by atoms with Crippen LogP contribution >= 0.6 is 23.4 Å². The minimum Gasteiger partial charge on any atom is -0.341 e. The van der Waals surface area contributed by atoms with Crippen LogP contribution in [0.5, 0.6) is 0 Å². The van der Waals surface area contributed by atoms with Gasteiger partial charge in [0.1, 0.15) is 0 Å². The molecule has 20 heavy (non-hydrogen) atoms. The normalized spacial score (nSPS) is 11.1. The number of rotatable bonds is 9. The highest BCUT2D eigenvalue weighted by atomic mass is 35.5. The predicted octanol–water partition coefficient (Wildman–Crippen LogP) is 2.81. The average Bonchev–Trinajstić information content (AvgIpc) is 2.44. The molecule has 0 saturated heterocycles. The van der Waals surface area contributed by atoms with Gasteiger partial charge in [0.15, 0.2) is 5.16 Å². The van der Waals surface area contributed by atoms with Crippen LogP contribution in [0.2, 0.25) is 5.28 Å². The number of anilines is 1. The van der Waals surface area contributed by atoms with E-state index in [1.165, 1.54) is 0 Å². The average molecular weight is 318 g/mol. The van der Waals surface area contributed by atoms with Gasteiger partial charge >= 0.3 is 0 Å². The van der Waals surface area contributed by atoms with Gasteiger partial charge in [0.05, 0.1) is 0 Å². The van der Waals surface area contributed by atoms with Gasteiger partial charge in [0.2, 0.25) is 11.2 Å². The van der Waals surface area contributed by atoms with Crippen LogP contribution in [0.25, 0.3) is 0 Å². The van der Waals surface area contributed by atoms with Crippen molar-refractivity contribution in [2.75, 3.05) is 43.4 Å². The molecule has 0 atom stereocenters. The van der Waals surface area contributed by atoms with Crippen LogP contribution in [-0.2, 0) is 0 Å². The molecule has 0 aliphatic heterocycles. The molecule has 0 unspecified atom stereocenters. The van der Waals surface area contributed by atoms with Crippen molar-refractivity contribution in [1.29, 1.82) is 0 Å². The van der Waals surface area contributed by atoms with Crippen LogP contribution in [0.4, 0.5) is 5.95 Å². The fourth-order valence-electron chi connectivity index (χ4n) is 1.84. The molecule has 0 aliphatic carbocycles. The van der Waals surface area contributed by atoms with E-state index in [-0.39, 0.29) is 5.28 Å². The van der Waals surface area contributed by atoms with Crippen LogP contribution in [0.15, 0.2) is 5.16 Å². The van der Waals surface area contributed by atoms with Gasteiger partial charge in [-0.2, -0.15) is 15.0 Å². The van der Waals surface area contributed by atoms with Gasteiger partial charge in [0, 0.05) is 25.4 Å². The number of nitrogens with zero attached hydrogens (tertiary/aromatic N) is 5. The van der Waals surface area contributed by atoms with Crippen molar-refractivity contribution in [2.24, 2.45) is 0 Å². The molecular weight excluding hydrogens is 294 g/mol. The predicted molar refractivity (Wildman–Crippen MR) is 86.9 cm³/mol. The number of thioether (sulfide) groups is 1. The molecule has 0 saturated carbocycles. The Morgan fingerprint density at radius 3 is 2.15 bits per heavy atom. The summed E-state index contributed by atoms with van der Waals surface area (Å²) in [6.45, 7) is 13.4. The van der Waals surface area contributed by atoms with Crippen LogP contribution in [0.1, 0.15) is 27.7 Å². The lowest BCUT2D eigenvalue weighted by atomic mass is 10.5. The van der Waals surface area contributed by atoms with Gasteiger partial charge in [-0.1, -0.05) is 25.6 Å². The third-order valence-corrected chi connectivity index (χ3v) is 4.15. The summed E-state index contributed by atoms with van der Waals surface area (Å²) in [5.41, 5.74) is 0. The standard InChI is InChI=1S/C13H24ClN5S/c1-5-18(6-2)9-10-20-13-16-11(14)15-12(17-13)19(7-3)8-4/h5-10H2,1-4H3. The highest BCUT2D eigenvalue weighted by Gasteiger charge is 2.10. The summed E-state index contributed by atoms with van der Waals surface area (Å²) in [4.78, 5) is 17.3. The van der Waals surface area contributed by atoms with Crippen molar-refractivity contribution >= 4 is 29.3 Å². The summed E-state index contributed by atoms with van der Waals surface area (Å²) < 4.78 is 0. The Hall–Kier alpha value is -0.590. The SMILES string of the molecule is CCN(CC)CCSc1nc(Cl)nc(N(CC)CC)n1. The molecule has 1 heterocycles. The molecule has 0 aromatic carbocycles. The highest BCUT2D eigenvalue weighted by Crippen LogP contribution is 2.18. The van der Waals surface area contributed by atoms with E-state index in [2.05, 4.69) is 52.4 Å². The number of hydrogen-bond acceptors (Lipinski definition) is 6. The second-order valence-electron chi connectivity index (χ2n) is 4.23. The van der Waals surface area contributed by atoms with Crippen LogP contribution in [0.3, 0.4) is 0 Å². The Morgan fingerprint density at radius 1 is 0.950 bits per heavy atom. The van der Waals surface area contributed by atoms with E-state index in [1.807, 2.05) is 0 Å². The van der Waals surface area contributed by atoms with E-state index in [9.17, 15) is 0 Å². The molecule has 7 heteroatoms. The van der Waals surface area contributed by atoms with Crippen molar-refractivity contribution < 1.29 is 0 Å². The van der Waals surface area contributed by atoms with Gasteiger partial charge < -0.3 is 9.80 Å². The molecule has 1 aromatic heterocycles. The van der Waals surface area contributed by atoms with Crippen molar-refractivity contribution in [3.63, 3.8) is 0 Å². The van der Waals surface area contributed by atoms with E-state index in [0.29, 0.717) is 11.1 Å². The first-order chi connectivity index (χ1) is 9.64. The minimum atomic E-state index is 0.271. The Morgan fingerprint density at radius 2 is 1.60 bits per heavy atom. The third-order valence-electron chi connectivity index (χ3n) is 3.16. The summed E-state index contributed by atoms with van der Waals surface area (Å²) in [5.74, 6) is 1.63. The molecule has 0 N–H and O–H groups in total. The maximum Gasteiger partial charge on any atom is 0.230 e. The minimum absolute atomic E-state index is 0.271. The first-order valence-electron chi connectivity index (χ1n) is 7.16. The maximum atomic E-state index is 5.99. The zero-order valence-electron chi connectivity index (χ0n) is 12.8. The van der Waals surface area contributed by atoms with Crippen molar-refractivity contribution in [3.8, 4) is 0 Å². The van der Waals surface area contributed by atoms with Crippen molar-refractivity contribution in [3.05, 3.63) is 5.28 Å². The Balaban J connectivity index is 2.66. The van der Waals surface area contributed by atoms with Gasteiger partial charge in [-0.25, -0.2) is 0 Å². The molecular formula is C13H24ClN5S. The Labute approximate surface area is 131 Å². The number of aromatic nitrogens is 3. The fourth-order valence-corrected chi connectivity index (χ4v) is 2.88. The van der Waals surface area contributed by atoms with E-state index >= 15 is 0 Å². The Kier molecular flexibility index (Phi) is 8.18. The van der Waals surface area contributed by atoms with Crippen molar-refractivity contribution in [2.45, 2.75) is 32.9 Å². The Bertz CT molecular complexity index is 396. The van der Waals surface area contributed by atoms with Gasteiger partial charge in [-0.15, -0.1) is 0 Å². The molecule has 5 nitrogen and oxygen atoms in total. The zero-order valence-corrected chi connectivity index (χ0v) is 14.3. The van der Waals surface area contributed by atoms with E-state index in [0.717, 1.165) is 38.5 Å². The molecule has 0 radical (unpaired) electrons. The second-order valence-corrected chi connectivity index (χ2v) is 5.63. The lowest BCUT2D eigenvalue weighted by molar-refractivity contribution is 0.324. The lowest BCUT2D eigenvalue weighted by Gasteiger charge is -2.19. The second kappa shape index (κ2) is 9.37. The fraction of sp³-hybridized carbons (Fsp3) is 0.769. The third kappa shape index (κ3) is 5.42. The topological polar surface area (TPSA) is 45.2 Å². The van der Waals surface area contributed by atoms with Gasteiger partial charge in [-0.3, -0.25) is 0 Å². The van der Waals surface area contributed by atoms with Gasteiger partial charge in [-0.05, 0) is 38.5 Å². The number of hydrogen-bond donors (Lipinski definition) is 0. The quantitative estimate of drug-likeness (QED) is 0.653. The summed E-state index contributed by atoms with van der Waals surface area (Å²) >= 11 is 7.62. The lowest BCUT2D eigenvalue weighted by Crippen LogP contribution is -2.26. The molecule has 0 amide bonds. The molecule has 0 spiro atoms.